The average molecular weight is 379 g/mol. The Bertz CT molecular complexity index is 1040. The summed E-state index contributed by atoms with van der Waals surface area (Å²) in [6.07, 6.45) is 0. The molecule has 0 amide bonds. The highest BCUT2D eigenvalue weighted by Gasteiger charge is 2.22. The number of nitrogens with zero attached hydrogens (tertiary/aromatic N) is 1. The molecule has 0 aliphatic carbocycles. The molecule has 6 nitrogen and oxygen atoms in total. The maximum absolute atomic E-state index is 8.98. The van der Waals surface area contributed by atoms with Gasteiger partial charge in [-0.05, 0) is 6.07 Å². The Morgan fingerprint density at radius 3 is 2.07 bits per heavy atom. The van der Waals surface area contributed by atoms with E-state index in [1.807, 2.05) is 36.4 Å². The van der Waals surface area contributed by atoms with Gasteiger partial charge in [0.1, 0.15) is 34.8 Å². The Labute approximate surface area is 163 Å². The molecule has 0 atom stereocenters. The first-order chi connectivity index (χ1) is 13.7. The number of hydrogen-bond acceptors (Lipinski definition) is 6. The van der Waals surface area contributed by atoms with Crippen molar-refractivity contribution in [2.45, 2.75) is 0 Å². The predicted molar refractivity (Wildman–Crippen MR) is 107 cm³/mol. The van der Waals surface area contributed by atoms with Crippen molar-refractivity contribution in [3.05, 3.63) is 42.5 Å². The van der Waals surface area contributed by atoms with Crippen molar-refractivity contribution in [1.29, 1.82) is 5.26 Å². The molecular weight excluding hydrogens is 358 g/mol. The van der Waals surface area contributed by atoms with E-state index < -0.39 is 0 Å². The summed E-state index contributed by atoms with van der Waals surface area (Å²) in [7, 11) is 6.36. The molecule has 0 aliphatic heterocycles. The molecule has 28 heavy (non-hydrogen) atoms. The molecule has 0 spiro atoms. The molecule has 6 heteroatoms. The fourth-order valence-electron chi connectivity index (χ4n) is 3.22. The highest BCUT2D eigenvalue weighted by Crippen LogP contribution is 2.49. The highest BCUT2D eigenvalue weighted by molar-refractivity contribution is 6.01. The minimum Gasteiger partial charge on any atom is -0.496 e. The summed E-state index contributed by atoms with van der Waals surface area (Å²) >= 11 is 0. The summed E-state index contributed by atoms with van der Waals surface area (Å²) < 4.78 is 28.0. The van der Waals surface area contributed by atoms with Gasteiger partial charge < -0.3 is 23.7 Å². The minimum absolute atomic E-state index is 0.115. The minimum atomic E-state index is -0.115. The van der Waals surface area contributed by atoms with Gasteiger partial charge in [0, 0.05) is 28.5 Å². The lowest BCUT2D eigenvalue weighted by atomic mass is 9.97. The van der Waals surface area contributed by atoms with Crippen LogP contribution in [-0.2, 0) is 0 Å². The molecule has 3 rings (SSSR count). The predicted octanol–water partition coefficient (Wildman–Crippen LogP) is 4.44. The summed E-state index contributed by atoms with van der Waals surface area (Å²) in [6, 6.07) is 15.2. The zero-order valence-electron chi connectivity index (χ0n) is 16.2. The van der Waals surface area contributed by atoms with Gasteiger partial charge in [-0.2, -0.15) is 5.26 Å². The zero-order chi connectivity index (χ0) is 20.1. The van der Waals surface area contributed by atoms with Gasteiger partial charge in [-0.15, -0.1) is 0 Å². The van der Waals surface area contributed by atoms with Gasteiger partial charge in [0.2, 0.25) is 0 Å². The van der Waals surface area contributed by atoms with E-state index >= 15 is 0 Å². The lowest BCUT2D eigenvalue weighted by Crippen LogP contribution is -2.01. The Morgan fingerprint density at radius 1 is 0.786 bits per heavy atom. The van der Waals surface area contributed by atoms with Crippen LogP contribution < -0.4 is 23.7 Å². The first-order valence-corrected chi connectivity index (χ1v) is 8.58. The number of nitriles is 1. The molecule has 0 unspecified atom stereocenters. The maximum atomic E-state index is 8.98. The van der Waals surface area contributed by atoms with Crippen LogP contribution in [0.3, 0.4) is 0 Å². The van der Waals surface area contributed by atoms with Gasteiger partial charge in [-0.3, -0.25) is 0 Å². The first kappa shape index (κ1) is 19.2. The molecule has 0 fully saturated rings. The molecular formula is C22H21NO5. The van der Waals surface area contributed by atoms with Crippen molar-refractivity contribution in [2.75, 3.05) is 35.0 Å². The van der Waals surface area contributed by atoms with E-state index in [0.717, 1.165) is 16.3 Å². The second kappa shape index (κ2) is 8.40. The van der Waals surface area contributed by atoms with E-state index in [-0.39, 0.29) is 6.61 Å². The summed E-state index contributed by atoms with van der Waals surface area (Å²) in [5, 5.41) is 10.8. The van der Waals surface area contributed by atoms with Crippen molar-refractivity contribution >= 4 is 10.8 Å². The molecule has 0 saturated heterocycles. The fourth-order valence-corrected chi connectivity index (χ4v) is 3.22. The molecule has 0 N–H and O–H groups in total. The fraction of sp³-hybridized carbons (Fsp3) is 0.227. The smallest absolute Gasteiger partial charge is 0.174 e. The summed E-state index contributed by atoms with van der Waals surface area (Å²) in [6.45, 7) is -0.115. The van der Waals surface area contributed by atoms with Gasteiger partial charge in [0.25, 0.3) is 0 Å². The molecule has 144 valence electrons. The van der Waals surface area contributed by atoms with E-state index in [1.54, 1.807) is 40.6 Å². The second-order valence-electron chi connectivity index (χ2n) is 5.85. The number of rotatable bonds is 7. The second-order valence-corrected chi connectivity index (χ2v) is 5.85. The van der Waals surface area contributed by atoms with Crippen molar-refractivity contribution in [1.82, 2.24) is 0 Å². The summed E-state index contributed by atoms with van der Waals surface area (Å²) in [5.41, 5.74) is 1.38. The Balaban J connectivity index is 2.39. The summed E-state index contributed by atoms with van der Waals surface area (Å²) in [4.78, 5) is 0. The van der Waals surface area contributed by atoms with Crippen LogP contribution in [-0.4, -0.2) is 35.0 Å². The third-order valence-corrected chi connectivity index (χ3v) is 4.44. The van der Waals surface area contributed by atoms with Gasteiger partial charge >= 0.3 is 0 Å². The SMILES string of the molecule is COc1cc(OC)c(-c2cc(OC)c3ccccc3c2OC)c(OCC#N)c1. The normalized spacial score (nSPS) is 10.2. The first-order valence-electron chi connectivity index (χ1n) is 8.58. The third-order valence-electron chi connectivity index (χ3n) is 4.44. The number of methoxy groups -OCH3 is 4. The lowest BCUT2D eigenvalue weighted by Gasteiger charge is -2.20. The molecule has 0 radical (unpaired) electrons. The topological polar surface area (TPSA) is 69.9 Å². The van der Waals surface area contributed by atoms with Gasteiger partial charge in [-0.25, -0.2) is 0 Å². The van der Waals surface area contributed by atoms with Gasteiger partial charge in [0.15, 0.2) is 6.61 Å². The van der Waals surface area contributed by atoms with Crippen LogP contribution in [0.2, 0.25) is 0 Å². The average Bonchev–Trinajstić information content (AvgIpc) is 2.75. The monoisotopic (exact) mass is 379 g/mol. The van der Waals surface area contributed by atoms with Gasteiger partial charge in [0.05, 0.1) is 34.0 Å². The molecule has 0 saturated carbocycles. The van der Waals surface area contributed by atoms with E-state index in [2.05, 4.69) is 0 Å². The molecule has 0 bridgehead atoms. The molecule has 0 aliphatic rings. The maximum Gasteiger partial charge on any atom is 0.174 e. The van der Waals surface area contributed by atoms with Crippen molar-refractivity contribution in [2.24, 2.45) is 0 Å². The molecule has 0 aromatic heterocycles. The standard InChI is InChI=1S/C22H21NO5/c1-24-14-11-19(26-3)21(20(12-14)28-10-9-23)17-13-18(25-2)15-7-5-6-8-16(15)22(17)27-4/h5-8,11-13H,10H2,1-4H3. The van der Waals surface area contributed by atoms with Crippen molar-refractivity contribution in [3.8, 4) is 45.9 Å². The van der Waals surface area contributed by atoms with Crippen LogP contribution in [0.5, 0.6) is 28.7 Å². The largest absolute Gasteiger partial charge is 0.496 e. The summed E-state index contributed by atoms with van der Waals surface area (Å²) in [5.74, 6) is 2.88. The molecule has 3 aromatic rings. The van der Waals surface area contributed by atoms with E-state index in [1.165, 1.54) is 0 Å². The Hall–Kier alpha value is -3.59. The van der Waals surface area contributed by atoms with Crippen LogP contribution in [0.4, 0.5) is 0 Å². The number of benzene rings is 3. The number of fused-ring (bicyclic) bond motifs is 1. The third kappa shape index (κ3) is 3.35. The van der Waals surface area contributed by atoms with Crippen LogP contribution >= 0.6 is 0 Å². The van der Waals surface area contributed by atoms with Crippen molar-refractivity contribution < 1.29 is 23.7 Å². The lowest BCUT2D eigenvalue weighted by molar-refractivity contribution is 0.353. The molecule has 3 aromatic carbocycles. The van der Waals surface area contributed by atoms with Gasteiger partial charge in [-0.1, -0.05) is 24.3 Å². The van der Waals surface area contributed by atoms with Crippen LogP contribution in [0.1, 0.15) is 0 Å². The van der Waals surface area contributed by atoms with E-state index in [4.69, 9.17) is 28.9 Å². The quantitative estimate of drug-likeness (QED) is 0.604. The van der Waals surface area contributed by atoms with Crippen molar-refractivity contribution in [3.63, 3.8) is 0 Å². The number of hydrogen-bond donors (Lipinski definition) is 0. The Morgan fingerprint density at radius 2 is 1.46 bits per heavy atom. The van der Waals surface area contributed by atoms with Crippen LogP contribution in [0.25, 0.3) is 21.9 Å². The number of ether oxygens (including phenoxy) is 5. The van der Waals surface area contributed by atoms with Crippen LogP contribution in [0, 0.1) is 11.3 Å². The zero-order valence-corrected chi connectivity index (χ0v) is 16.2. The van der Waals surface area contributed by atoms with E-state index in [0.29, 0.717) is 34.3 Å². The van der Waals surface area contributed by atoms with Crippen LogP contribution in [0.15, 0.2) is 42.5 Å². The highest BCUT2D eigenvalue weighted by atomic mass is 16.5. The Kier molecular flexibility index (Phi) is 5.75. The molecule has 0 heterocycles. The van der Waals surface area contributed by atoms with E-state index in [9.17, 15) is 0 Å².